The number of hydrogen-bond acceptors (Lipinski definition) is 3. The summed E-state index contributed by atoms with van der Waals surface area (Å²) in [5, 5.41) is 10.4. The van der Waals surface area contributed by atoms with Gasteiger partial charge >= 0.3 is 0 Å². The summed E-state index contributed by atoms with van der Waals surface area (Å²) in [6.45, 7) is 2.14. The Morgan fingerprint density at radius 1 is 1.57 bits per heavy atom. The molecule has 3 nitrogen and oxygen atoms in total. The number of non-ortho nitro benzene ring substituents is 1. The Kier molecular flexibility index (Phi) is 4.46. The van der Waals surface area contributed by atoms with Gasteiger partial charge in [-0.25, -0.2) is 0 Å². The van der Waals surface area contributed by atoms with Gasteiger partial charge < -0.3 is 0 Å². The van der Waals surface area contributed by atoms with E-state index in [2.05, 4.69) is 13.0 Å². The second-order valence-electron chi connectivity index (χ2n) is 2.87. The minimum atomic E-state index is -0.406. The number of benzene rings is 1. The van der Waals surface area contributed by atoms with Gasteiger partial charge in [0.1, 0.15) is 0 Å². The highest BCUT2D eigenvalue weighted by atomic mass is 32.2. The lowest BCUT2D eigenvalue weighted by atomic mass is 10.3. The third-order valence-corrected chi connectivity index (χ3v) is 2.79. The van der Waals surface area contributed by atoms with E-state index in [1.807, 2.05) is 0 Å². The van der Waals surface area contributed by atoms with E-state index in [4.69, 9.17) is 0 Å². The largest absolute Gasteiger partial charge is 0.270 e. The van der Waals surface area contributed by atoms with Crippen LogP contribution in [0.3, 0.4) is 0 Å². The highest BCUT2D eigenvalue weighted by Crippen LogP contribution is 2.21. The smallest absolute Gasteiger partial charge is 0.258 e. The predicted molar refractivity (Wildman–Crippen MR) is 57.6 cm³/mol. The highest BCUT2D eigenvalue weighted by Gasteiger charge is 2.03. The molecule has 0 aliphatic rings. The molecule has 0 spiro atoms. The number of nitro groups is 1. The Morgan fingerprint density at radius 2 is 2.36 bits per heavy atom. The van der Waals surface area contributed by atoms with Gasteiger partial charge in [-0.2, -0.15) is 0 Å². The third-order valence-electron chi connectivity index (χ3n) is 1.73. The van der Waals surface area contributed by atoms with Crippen LogP contribution in [0.5, 0.6) is 0 Å². The van der Waals surface area contributed by atoms with Crippen LogP contribution in [0.1, 0.15) is 19.8 Å². The van der Waals surface area contributed by atoms with Crippen molar-refractivity contribution in [1.29, 1.82) is 0 Å². The Morgan fingerprint density at radius 3 is 2.86 bits per heavy atom. The monoisotopic (exact) mass is 210 g/mol. The molecule has 0 saturated heterocycles. The fourth-order valence-electron chi connectivity index (χ4n) is 0.932. The molecule has 0 amide bonds. The first-order chi connectivity index (χ1) is 6.74. The van der Waals surface area contributed by atoms with Crippen LogP contribution in [0.15, 0.2) is 23.1 Å². The normalized spacial score (nSPS) is 10.1. The molecule has 0 heterocycles. The van der Waals surface area contributed by atoms with E-state index in [1.165, 1.54) is 18.6 Å². The van der Waals surface area contributed by atoms with Crippen molar-refractivity contribution in [3.63, 3.8) is 0 Å². The lowest BCUT2D eigenvalue weighted by molar-refractivity contribution is -0.384. The topological polar surface area (TPSA) is 43.1 Å². The molecular weight excluding hydrogens is 198 g/mol. The van der Waals surface area contributed by atoms with Gasteiger partial charge in [-0.15, -0.1) is 11.8 Å². The molecule has 0 aliphatic carbocycles. The van der Waals surface area contributed by atoms with E-state index in [-0.39, 0.29) is 5.69 Å². The number of nitrogens with zero attached hydrogens (tertiary/aromatic N) is 1. The SMILES string of the molecule is CCCCSc1[c]cc([N+](=O)[O-])cc1. The van der Waals surface area contributed by atoms with Gasteiger partial charge in [0, 0.05) is 23.1 Å². The van der Waals surface area contributed by atoms with Crippen molar-refractivity contribution < 1.29 is 4.92 Å². The lowest BCUT2D eigenvalue weighted by Gasteiger charge is -1.98. The van der Waals surface area contributed by atoms with Crippen molar-refractivity contribution in [3.05, 3.63) is 34.4 Å². The number of nitro benzene ring substituents is 1. The van der Waals surface area contributed by atoms with Gasteiger partial charge in [0.15, 0.2) is 0 Å². The average Bonchev–Trinajstić information content (AvgIpc) is 2.19. The number of unbranched alkanes of at least 4 members (excludes halogenated alkanes) is 1. The third kappa shape index (κ3) is 3.38. The van der Waals surface area contributed by atoms with E-state index in [9.17, 15) is 10.1 Å². The molecule has 4 heteroatoms. The molecule has 0 aromatic heterocycles. The molecule has 75 valence electrons. The predicted octanol–water partition coefficient (Wildman–Crippen LogP) is 3.29. The van der Waals surface area contributed by atoms with Crippen molar-refractivity contribution in [2.24, 2.45) is 0 Å². The van der Waals surface area contributed by atoms with Crippen LogP contribution in [0.4, 0.5) is 5.69 Å². The Bertz CT molecular complexity index is 297. The van der Waals surface area contributed by atoms with Crippen molar-refractivity contribution in [2.45, 2.75) is 24.7 Å². The zero-order valence-corrected chi connectivity index (χ0v) is 8.84. The van der Waals surface area contributed by atoms with E-state index >= 15 is 0 Å². The number of hydrogen-bond donors (Lipinski definition) is 0. The quantitative estimate of drug-likeness (QED) is 0.324. The van der Waals surface area contributed by atoms with Gasteiger partial charge in [-0.1, -0.05) is 13.3 Å². The van der Waals surface area contributed by atoms with Gasteiger partial charge in [0.2, 0.25) is 0 Å². The van der Waals surface area contributed by atoms with E-state index in [0.29, 0.717) is 0 Å². The summed E-state index contributed by atoms with van der Waals surface area (Å²) in [6.07, 6.45) is 2.33. The van der Waals surface area contributed by atoms with Gasteiger partial charge in [0.25, 0.3) is 5.69 Å². The molecule has 0 unspecified atom stereocenters. The molecule has 1 aromatic carbocycles. The molecule has 14 heavy (non-hydrogen) atoms. The number of thioether (sulfide) groups is 1. The van der Waals surface area contributed by atoms with Crippen LogP contribution >= 0.6 is 11.8 Å². The van der Waals surface area contributed by atoms with Gasteiger partial charge in [0.05, 0.1) is 4.92 Å². The maximum absolute atomic E-state index is 10.4. The lowest BCUT2D eigenvalue weighted by Crippen LogP contribution is -1.87. The van der Waals surface area contributed by atoms with Crippen LogP contribution in [0.2, 0.25) is 0 Å². The van der Waals surface area contributed by atoms with Crippen molar-refractivity contribution in [2.75, 3.05) is 5.75 Å². The highest BCUT2D eigenvalue weighted by molar-refractivity contribution is 7.99. The molecule has 1 aromatic rings. The summed E-state index contributed by atoms with van der Waals surface area (Å²) in [4.78, 5) is 10.9. The molecule has 0 aliphatic heterocycles. The molecular formula is C10H12NO2S. The Balaban J connectivity index is 2.51. The minimum absolute atomic E-state index is 0.102. The Labute approximate surface area is 87.7 Å². The van der Waals surface area contributed by atoms with E-state index in [0.717, 1.165) is 17.1 Å². The fraction of sp³-hybridized carbons (Fsp3) is 0.400. The number of rotatable bonds is 5. The Hall–Kier alpha value is -1.03. The summed E-state index contributed by atoms with van der Waals surface area (Å²) in [7, 11) is 0. The zero-order valence-electron chi connectivity index (χ0n) is 8.03. The molecule has 0 bridgehead atoms. The summed E-state index contributed by atoms with van der Waals surface area (Å²) < 4.78 is 0. The molecule has 1 rings (SSSR count). The van der Waals surface area contributed by atoms with Gasteiger partial charge in [-0.05, 0) is 18.2 Å². The molecule has 1 radical (unpaired) electrons. The van der Waals surface area contributed by atoms with Crippen LogP contribution in [0.25, 0.3) is 0 Å². The van der Waals surface area contributed by atoms with Crippen molar-refractivity contribution in [1.82, 2.24) is 0 Å². The van der Waals surface area contributed by atoms with E-state index < -0.39 is 4.92 Å². The molecule has 0 atom stereocenters. The summed E-state index contributed by atoms with van der Waals surface area (Å²) >= 11 is 1.69. The standard InChI is InChI=1S/C10H12NO2S/c1-2-3-8-14-10-6-4-9(5-7-10)11(12)13/h4-6H,2-3,8H2,1H3. The second-order valence-corrected chi connectivity index (χ2v) is 4.01. The maximum Gasteiger partial charge on any atom is 0.270 e. The summed E-state index contributed by atoms with van der Waals surface area (Å²) in [5.41, 5.74) is 0.102. The molecule has 0 fully saturated rings. The molecule has 0 saturated carbocycles. The van der Waals surface area contributed by atoms with Crippen molar-refractivity contribution >= 4 is 17.4 Å². The van der Waals surface area contributed by atoms with Crippen LogP contribution < -0.4 is 0 Å². The zero-order chi connectivity index (χ0) is 10.4. The van der Waals surface area contributed by atoms with Crippen LogP contribution in [-0.2, 0) is 0 Å². The minimum Gasteiger partial charge on any atom is -0.258 e. The average molecular weight is 210 g/mol. The second kappa shape index (κ2) is 5.65. The first-order valence-corrected chi connectivity index (χ1v) is 5.51. The summed E-state index contributed by atoms with van der Waals surface area (Å²) in [6, 6.07) is 7.59. The summed E-state index contributed by atoms with van der Waals surface area (Å²) in [5.74, 6) is 1.05. The van der Waals surface area contributed by atoms with E-state index in [1.54, 1.807) is 17.8 Å². The van der Waals surface area contributed by atoms with Crippen LogP contribution in [-0.4, -0.2) is 10.7 Å². The fourth-order valence-corrected chi connectivity index (χ4v) is 1.89. The first-order valence-electron chi connectivity index (χ1n) is 4.53. The van der Waals surface area contributed by atoms with Crippen molar-refractivity contribution in [3.8, 4) is 0 Å². The maximum atomic E-state index is 10.4. The first kappa shape index (κ1) is 11.0. The van der Waals surface area contributed by atoms with Gasteiger partial charge in [-0.3, -0.25) is 10.1 Å². The molecule has 0 N–H and O–H groups in total. The van der Waals surface area contributed by atoms with Crippen LogP contribution in [0, 0.1) is 16.2 Å².